The summed E-state index contributed by atoms with van der Waals surface area (Å²) in [4.78, 5) is 22.5. The molecule has 0 aliphatic rings. The first kappa shape index (κ1) is 15.9. The topological polar surface area (TPSA) is 117 Å². The van der Waals surface area contributed by atoms with Crippen molar-refractivity contribution in [3.8, 4) is 0 Å². The van der Waals surface area contributed by atoms with Crippen molar-refractivity contribution in [3.63, 3.8) is 0 Å². The van der Waals surface area contributed by atoms with E-state index >= 15 is 0 Å². The summed E-state index contributed by atoms with van der Waals surface area (Å²) in [5.41, 5.74) is 7.65. The second-order valence-electron chi connectivity index (χ2n) is 2.56. The van der Waals surface area contributed by atoms with Crippen LogP contribution in [0.3, 0.4) is 0 Å². The maximum atomic E-state index is 11.3. The zero-order valence-electron chi connectivity index (χ0n) is 8.19. The third-order valence-electron chi connectivity index (χ3n) is 1.65. The average Bonchev–Trinajstić information content (AvgIpc) is 2.28. The van der Waals surface area contributed by atoms with Gasteiger partial charge in [0.25, 0.3) is 10.0 Å². The second-order valence-corrected chi connectivity index (χ2v) is 4.14. The van der Waals surface area contributed by atoms with Gasteiger partial charge in [0.05, 0.1) is 0 Å². The van der Waals surface area contributed by atoms with Crippen LogP contribution in [0.4, 0.5) is 0 Å². The van der Waals surface area contributed by atoms with Gasteiger partial charge in [-0.2, -0.15) is 6.07 Å². The molecule has 0 aromatic heterocycles. The van der Waals surface area contributed by atoms with Gasteiger partial charge in [-0.1, -0.05) is 0 Å². The smallest absolute Gasteiger partial charge is 0.250 e. The molecule has 1 radical (unpaired) electrons. The Bertz CT molecular complexity index is 593. The maximum Gasteiger partial charge on any atom is 0.250 e. The normalized spacial score (nSPS) is 9.65. The summed E-state index contributed by atoms with van der Waals surface area (Å²) in [6.07, 6.45) is 2.84. The number of nitrogens with zero attached hydrogens (tertiary/aromatic N) is 3. The standard InChI is InChI=1S/C8H3N3O4S.Y/c9-10-11-16(14,15)8-2-1-6(4-12)7(3-8)5-13;/h1-3H;/q-2;. The van der Waals surface area contributed by atoms with Crippen molar-refractivity contribution in [2.75, 3.05) is 0 Å². The monoisotopic (exact) mass is 326 g/mol. The minimum absolute atomic E-state index is 0. The molecule has 1 aromatic carbocycles. The van der Waals surface area contributed by atoms with Crippen LogP contribution in [0.2, 0.25) is 0 Å². The fraction of sp³-hybridized carbons (Fsp3) is 0. The Morgan fingerprint density at radius 2 is 1.76 bits per heavy atom. The van der Waals surface area contributed by atoms with Gasteiger partial charge in [-0.25, -0.2) is 14.5 Å². The number of carbonyl (C=O) groups excluding carboxylic acids is 2. The Morgan fingerprint density at radius 1 is 1.18 bits per heavy atom. The predicted octanol–water partition coefficient (Wildman–Crippen LogP) is 0.599. The first-order chi connectivity index (χ1) is 7.55. The number of benzene rings is 1. The fourth-order valence-corrected chi connectivity index (χ4v) is 1.65. The van der Waals surface area contributed by atoms with Crippen molar-refractivity contribution < 1.29 is 50.7 Å². The van der Waals surface area contributed by atoms with Crippen LogP contribution in [0.1, 0.15) is 11.1 Å². The minimum Gasteiger partial charge on any atom is -0.391 e. The number of sulfonamides is 1. The third-order valence-corrected chi connectivity index (χ3v) is 2.79. The Hall–Kier alpha value is -1.08. The molecule has 17 heavy (non-hydrogen) atoms. The molecule has 0 saturated carbocycles. The van der Waals surface area contributed by atoms with Crippen molar-refractivity contribution in [1.29, 1.82) is 0 Å². The zero-order chi connectivity index (χ0) is 12.2. The first-order valence-corrected chi connectivity index (χ1v) is 5.21. The summed E-state index contributed by atoms with van der Waals surface area (Å²) >= 11 is 0. The molecule has 0 spiro atoms. The molecule has 0 aliphatic heterocycles. The predicted molar refractivity (Wildman–Crippen MR) is 52.4 cm³/mol. The van der Waals surface area contributed by atoms with E-state index in [0.717, 1.165) is 18.2 Å². The Labute approximate surface area is 122 Å². The Kier molecular flexibility index (Phi) is 6.19. The maximum absolute atomic E-state index is 11.3. The summed E-state index contributed by atoms with van der Waals surface area (Å²) in [7, 11) is -4.17. The molecule has 1 rings (SSSR count). The summed E-state index contributed by atoms with van der Waals surface area (Å²) in [6, 6.07) is 3.00. The average molecular weight is 326 g/mol. The van der Waals surface area contributed by atoms with E-state index in [0.29, 0.717) is 0 Å². The van der Waals surface area contributed by atoms with E-state index in [1.54, 1.807) is 0 Å². The van der Waals surface area contributed by atoms with E-state index < -0.39 is 10.0 Å². The molecule has 0 fully saturated rings. The van der Waals surface area contributed by atoms with Crippen LogP contribution < -0.4 is 0 Å². The van der Waals surface area contributed by atoms with Gasteiger partial charge >= 0.3 is 0 Å². The van der Waals surface area contributed by atoms with Gasteiger partial charge in [0, 0.05) is 42.1 Å². The van der Waals surface area contributed by atoms with Crippen LogP contribution in [0, 0.1) is 0 Å². The van der Waals surface area contributed by atoms with Crippen LogP contribution >= 0.6 is 0 Å². The molecule has 1 aromatic rings. The summed E-state index contributed by atoms with van der Waals surface area (Å²) in [6.45, 7) is 0. The molecule has 0 aliphatic carbocycles. The van der Waals surface area contributed by atoms with E-state index in [-0.39, 0.29) is 48.7 Å². The van der Waals surface area contributed by atoms with Crippen LogP contribution in [0.15, 0.2) is 27.6 Å². The van der Waals surface area contributed by atoms with Crippen LogP contribution in [-0.4, -0.2) is 21.0 Å². The Morgan fingerprint density at radius 3 is 2.24 bits per heavy atom. The van der Waals surface area contributed by atoms with Crippen molar-refractivity contribution >= 4 is 22.6 Å². The molecule has 0 bridgehead atoms. The molecule has 0 heterocycles. The summed E-state index contributed by atoms with van der Waals surface area (Å²) < 4.78 is 25.1. The van der Waals surface area contributed by atoms with Gasteiger partial charge < -0.3 is 9.59 Å². The fourth-order valence-electron chi connectivity index (χ4n) is 0.952. The summed E-state index contributed by atoms with van der Waals surface area (Å²) in [5.74, 6) is 0. The Balaban J connectivity index is 0.00000256. The van der Waals surface area contributed by atoms with Crippen molar-refractivity contribution in [1.82, 2.24) is 0 Å². The number of hydrogen-bond acceptors (Lipinski definition) is 4. The number of rotatable bonds is 4. The third kappa shape index (κ3) is 3.71. The van der Waals surface area contributed by atoms with Crippen molar-refractivity contribution in [2.45, 2.75) is 4.90 Å². The van der Waals surface area contributed by atoms with Crippen LogP contribution in [-0.2, 0) is 52.3 Å². The molecule has 0 saturated heterocycles. The van der Waals surface area contributed by atoms with E-state index in [2.05, 4.69) is 9.43 Å². The first-order valence-electron chi connectivity index (χ1n) is 3.77. The minimum atomic E-state index is -4.17. The molecular formula is C8H3N3O4SY-2. The van der Waals surface area contributed by atoms with Gasteiger partial charge in [0.1, 0.15) is 0 Å². The molecule has 0 N–H and O–H groups in total. The molecule has 7 nitrogen and oxygen atoms in total. The van der Waals surface area contributed by atoms with E-state index in [9.17, 15) is 18.0 Å². The van der Waals surface area contributed by atoms with Gasteiger partial charge in [0.2, 0.25) is 0 Å². The van der Waals surface area contributed by atoms with E-state index in [1.807, 2.05) is 0 Å². The van der Waals surface area contributed by atoms with Gasteiger partial charge in [-0.15, -0.1) is 6.07 Å². The molecule has 85 valence electrons. The second kappa shape index (κ2) is 6.61. The van der Waals surface area contributed by atoms with Crippen molar-refractivity contribution in [2.24, 2.45) is 4.52 Å². The molecule has 0 unspecified atom stereocenters. The number of azide groups is 1. The van der Waals surface area contributed by atoms with E-state index in [4.69, 9.17) is 5.53 Å². The van der Waals surface area contributed by atoms with Gasteiger partial charge in [0.15, 0.2) is 0 Å². The molecule has 0 amide bonds. The molecule has 0 atom stereocenters. The van der Waals surface area contributed by atoms with E-state index in [1.165, 1.54) is 12.6 Å². The largest absolute Gasteiger partial charge is 0.391 e. The molecule has 9 heteroatoms. The van der Waals surface area contributed by atoms with Crippen molar-refractivity contribution in [3.05, 3.63) is 39.8 Å². The zero-order valence-corrected chi connectivity index (χ0v) is 11.8. The molecular weight excluding hydrogens is 323 g/mol. The van der Waals surface area contributed by atoms with Crippen LogP contribution in [0.25, 0.3) is 10.4 Å². The van der Waals surface area contributed by atoms with Crippen LogP contribution in [0.5, 0.6) is 0 Å². The van der Waals surface area contributed by atoms with Gasteiger partial charge in [-0.3, -0.25) is 11.1 Å². The summed E-state index contributed by atoms with van der Waals surface area (Å²) in [5, 5.41) is 0. The number of hydrogen-bond donors (Lipinski definition) is 0. The van der Waals surface area contributed by atoms with Gasteiger partial charge in [-0.05, 0) is 23.0 Å². The quantitative estimate of drug-likeness (QED) is 0.348. The SMILES string of the molecule is [N-]=[N+]=NS(=O)(=O)c1ccc([C-]=O)c([C-]=O)c1.[Y].